The summed E-state index contributed by atoms with van der Waals surface area (Å²) in [4.78, 5) is 12.8. The Morgan fingerprint density at radius 3 is 1.61 bits per heavy atom. The zero-order chi connectivity index (χ0) is 40.6. The molecular weight excluding hydrogens is 717 g/mol. The van der Waals surface area contributed by atoms with Gasteiger partial charge in [0.2, 0.25) is 0 Å². The Kier molecular flexibility index (Phi) is 14.4. The molecule has 0 aromatic heterocycles. The van der Waals surface area contributed by atoms with Gasteiger partial charge < -0.3 is 34.6 Å². The van der Waals surface area contributed by atoms with Crippen molar-refractivity contribution in [3.8, 4) is 0 Å². The van der Waals surface area contributed by atoms with Crippen molar-refractivity contribution < 1.29 is 39.4 Å². The lowest BCUT2D eigenvalue weighted by Gasteiger charge is -2.63. The second-order valence-electron chi connectivity index (χ2n) is 21.1. The molecule has 8 rings (SSSR count). The first-order valence-electron chi connectivity index (χ1n) is 22.1. The molecule has 8 nitrogen and oxygen atoms in total. The van der Waals surface area contributed by atoms with Crippen LogP contribution in [0.5, 0.6) is 0 Å². The van der Waals surface area contributed by atoms with Gasteiger partial charge in [-0.25, -0.2) is 0 Å². The number of aliphatic hydroxyl groups excluding tert-OH is 4. The Morgan fingerprint density at radius 1 is 0.649 bits per heavy atom. The quantitative estimate of drug-likeness (QED) is 0.204. The fraction of sp³-hybridized carbons (Fsp3) is 0.898. The number of hydrogen-bond donors (Lipinski definition) is 4. The van der Waals surface area contributed by atoms with Crippen LogP contribution >= 0.6 is 0 Å². The predicted octanol–water partition coefficient (Wildman–Crippen LogP) is 9.32. The second kappa shape index (κ2) is 17.0. The van der Waals surface area contributed by atoms with Crippen LogP contribution in [0.1, 0.15) is 154 Å². The van der Waals surface area contributed by atoms with Gasteiger partial charge in [0, 0.05) is 52.9 Å². The van der Waals surface area contributed by atoms with Crippen LogP contribution in [0.25, 0.3) is 0 Å². The molecule has 0 amide bonds. The number of ether oxygens (including phenoxy) is 3. The number of Topliss-reactive ketones (excluding diaryl/α,β-unsaturated/α-hetero) is 1. The molecule has 330 valence electrons. The summed E-state index contributed by atoms with van der Waals surface area (Å²) in [5.74, 6) is 0.572. The van der Waals surface area contributed by atoms with E-state index in [1.807, 2.05) is 19.1 Å². The molecule has 4 N–H and O–H groups in total. The number of aliphatic hydroxyl groups is 4. The van der Waals surface area contributed by atoms with Crippen LogP contribution in [0.2, 0.25) is 0 Å². The van der Waals surface area contributed by atoms with Crippen molar-refractivity contribution in [1.82, 2.24) is 0 Å². The first-order valence-corrected chi connectivity index (χ1v) is 22.1. The molecule has 2 heterocycles. The van der Waals surface area contributed by atoms with Crippen LogP contribution in [-0.4, -0.2) is 82.3 Å². The molecule has 8 fully saturated rings. The Labute approximate surface area is 348 Å². The van der Waals surface area contributed by atoms with E-state index in [1.54, 1.807) is 0 Å². The van der Waals surface area contributed by atoms with Crippen LogP contribution in [0.15, 0.2) is 25.3 Å². The zero-order valence-electron chi connectivity index (χ0n) is 35.9. The van der Waals surface area contributed by atoms with Gasteiger partial charge >= 0.3 is 0 Å². The Morgan fingerprint density at radius 2 is 1.14 bits per heavy atom. The minimum atomic E-state index is -0.589. The van der Waals surface area contributed by atoms with Crippen molar-refractivity contribution in [1.29, 1.82) is 0 Å². The van der Waals surface area contributed by atoms with E-state index in [9.17, 15) is 25.2 Å². The third kappa shape index (κ3) is 7.21. The highest BCUT2D eigenvalue weighted by Crippen LogP contribution is 2.72. The number of carbonyl (C=O) groups excluding carboxylic acids is 1. The van der Waals surface area contributed by atoms with E-state index < -0.39 is 46.4 Å². The number of hydrogen-bond acceptors (Lipinski definition) is 8. The summed E-state index contributed by atoms with van der Waals surface area (Å²) in [6.07, 6.45) is 13.1. The highest BCUT2D eigenvalue weighted by Gasteiger charge is 2.73. The normalized spacial score (nSPS) is 52.0. The van der Waals surface area contributed by atoms with E-state index in [0.29, 0.717) is 56.2 Å². The molecule has 3 unspecified atom stereocenters. The SMILES string of the molecule is C.C.C=C[C@@]1(C)C[C@@H](O)[C@@]2(C)C3C(=O)CC[C@@]3(CC[C@H]2C)[C@@H](C)[C@@H]1O.C=C[C@@]1(C)C[C@@H](O)[C@@]2(C)C3C4(CC[C@@]3(CC[C@H]2C)[C@@H](C)[C@@H]1O)OCCO4.CC1CCCO1. The van der Waals surface area contributed by atoms with Gasteiger partial charge in [-0.2, -0.15) is 0 Å². The van der Waals surface area contributed by atoms with E-state index >= 15 is 0 Å². The minimum absolute atomic E-state index is 0. The molecule has 57 heavy (non-hydrogen) atoms. The molecule has 8 aliphatic rings. The monoisotopic (exact) mass is 803 g/mol. The fourth-order valence-electron chi connectivity index (χ4n) is 14.6. The predicted molar refractivity (Wildman–Crippen MR) is 229 cm³/mol. The summed E-state index contributed by atoms with van der Waals surface area (Å²) in [6, 6.07) is 0. The lowest BCUT2D eigenvalue weighted by atomic mass is 9.43. The van der Waals surface area contributed by atoms with Crippen LogP contribution < -0.4 is 0 Å². The smallest absolute Gasteiger partial charge is 0.172 e. The van der Waals surface area contributed by atoms with E-state index in [0.717, 1.165) is 51.6 Å². The molecule has 1 spiro atoms. The average Bonchev–Trinajstić information content (AvgIpc) is 3.98. The van der Waals surface area contributed by atoms with E-state index in [1.165, 1.54) is 12.8 Å². The van der Waals surface area contributed by atoms with Crippen molar-refractivity contribution in [3.05, 3.63) is 25.3 Å². The molecule has 0 radical (unpaired) electrons. The second-order valence-corrected chi connectivity index (χ2v) is 21.1. The van der Waals surface area contributed by atoms with Gasteiger partial charge in [-0.05, 0) is 106 Å². The van der Waals surface area contributed by atoms with Crippen LogP contribution in [0.3, 0.4) is 0 Å². The zero-order valence-corrected chi connectivity index (χ0v) is 35.9. The Bertz CT molecular complexity index is 1420. The Balaban J connectivity index is 0.000000215. The number of ketones is 1. The average molecular weight is 803 g/mol. The highest BCUT2D eigenvalue weighted by molar-refractivity contribution is 5.85. The largest absolute Gasteiger partial charge is 0.393 e. The highest BCUT2D eigenvalue weighted by atomic mass is 16.7. The Hall–Kier alpha value is -1.13. The van der Waals surface area contributed by atoms with Gasteiger partial charge in [0.25, 0.3) is 0 Å². The lowest BCUT2D eigenvalue weighted by Crippen LogP contribution is -2.65. The van der Waals surface area contributed by atoms with Crippen molar-refractivity contribution in [2.75, 3.05) is 19.8 Å². The molecule has 2 saturated heterocycles. The molecule has 0 aromatic rings. The molecule has 6 aliphatic carbocycles. The lowest BCUT2D eigenvalue weighted by molar-refractivity contribution is -0.281. The standard InChI is InChI=1S/C22H36O4.C20H32O3.C5H10O.2CH4/c1-6-19(4)13-16(23)20(5)14(2)7-8-21(15(3)17(19)24)9-10-22(18(20)21)25-11-12-26-22;1-6-18(4)11-15(22)19(5)12(2)7-9-20(13(3)17(18)23)10-8-14(21)16(19)20;1-5-3-2-4-6-5;;/h6,14-18,23-24H,1,7-13H2,2-5H3;6,12-13,15-17,22-23H,1,7-11H2,2-5H3;5H,2-4H2,1H3;2*1H4/t14-,15+,16-,17+,18?,19+,20+,21+;12-,13+,15-,16?,17+,18+,19+,20+;;;/m11.../s1. The van der Waals surface area contributed by atoms with Crippen LogP contribution in [0, 0.1) is 68.0 Å². The third-order valence-corrected chi connectivity index (χ3v) is 18.8. The first kappa shape index (κ1) is 48.5. The molecule has 0 aromatic carbocycles. The van der Waals surface area contributed by atoms with E-state index in [-0.39, 0.29) is 54.8 Å². The topological polar surface area (TPSA) is 126 Å². The number of carbonyl (C=O) groups is 1. The van der Waals surface area contributed by atoms with Crippen molar-refractivity contribution in [2.24, 2.45) is 68.0 Å². The van der Waals surface area contributed by atoms with Gasteiger partial charge in [0.15, 0.2) is 5.79 Å². The van der Waals surface area contributed by atoms with Crippen LogP contribution in [0.4, 0.5) is 0 Å². The molecule has 2 aliphatic heterocycles. The summed E-state index contributed by atoms with van der Waals surface area (Å²) in [7, 11) is 0. The fourth-order valence-corrected chi connectivity index (χ4v) is 14.6. The van der Waals surface area contributed by atoms with Gasteiger partial charge in [-0.3, -0.25) is 4.79 Å². The van der Waals surface area contributed by atoms with Crippen LogP contribution in [-0.2, 0) is 19.0 Å². The van der Waals surface area contributed by atoms with E-state index in [2.05, 4.69) is 68.5 Å². The number of rotatable bonds is 2. The summed E-state index contributed by atoms with van der Waals surface area (Å²) >= 11 is 0. The van der Waals surface area contributed by atoms with E-state index in [4.69, 9.17) is 14.2 Å². The van der Waals surface area contributed by atoms with Crippen molar-refractivity contribution in [2.45, 2.75) is 191 Å². The molecule has 6 saturated carbocycles. The summed E-state index contributed by atoms with van der Waals surface area (Å²) in [5.41, 5.74) is -1.91. The maximum absolute atomic E-state index is 12.8. The van der Waals surface area contributed by atoms with Crippen molar-refractivity contribution >= 4 is 5.78 Å². The maximum Gasteiger partial charge on any atom is 0.172 e. The minimum Gasteiger partial charge on any atom is -0.393 e. The van der Waals surface area contributed by atoms with Gasteiger partial charge in [0.05, 0.1) is 43.7 Å². The summed E-state index contributed by atoms with van der Waals surface area (Å²) in [6.45, 7) is 29.6. The van der Waals surface area contributed by atoms with Crippen molar-refractivity contribution in [3.63, 3.8) is 0 Å². The van der Waals surface area contributed by atoms with Gasteiger partial charge in [-0.15, -0.1) is 13.2 Å². The maximum atomic E-state index is 12.8. The van der Waals surface area contributed by atoms with Gasteiger partial charge in [0.1, 0.15) is 5.78 Å². The first-order chi connectivity index (χ1) is 25.7. The molecule has 8 heteroatoms. The summed E-state index contributed by atoms with van der Waals surface area (Å²) < 4.78 is 17.7. The molecule has 4 bridgehead atoms. The molecule has 17 atom stereocenters. The third-order valence-electron chi connectivity index (χ3n) is 18.8. The molecular formula is C49H86O8. The summed E-state index contributed by atoms with van der Waals surface area (Å²) in [5, 5.41) is 45.2. The van der Waals surface area contributed by atoms with Gasteiger partial charge in [-0.1, -0.05) is 82.4 Å².